The van der Waals surface area contributed by atoms with E-state index in [9.17, 15) is 5.11 Å². The Morgan fingerprint density at radius 1 is 0.786 bits per heavy atom. The van der Waals surface area contributed by atoms with E-state index >= 15 is 0 Å². The number of aliphatic hydroxyl groups is 1. The Hall–Kier alpha value is -0.0400. The first-order chi connectivity index (χ1) is 6.86. The third-order valence-electron chi connectivity index (χ3n) is 5.14. The van der Waals surface area contributed by atoms with Crippen LogP contribution in [0.5, 0.6) is 0 Å². The highest BCUT2D eigenvalue weighted by Crippen LogP contribution is 2.54. The van der Waals surface area contributed by atoms with Crippen molar-refractivity contribution in [1.29, 1.82) is 0 Å². The molecule has 0 aromatic carbocycles. The van der Waals surface area contributed by atoms with Gasteiger partial charge in [0.15, 0.2) is 0 Å². The average molecular weight is 194 g/mol. The molecule has 0 aromatic rings. The summed E-state index contributed by atoms with van der Waals surface area (Å²) in [6.45, 7) is 0. The molecule has 3 rings (SSSR count). The van der Waals surface area contributed by atoms with Crippen LogP contribution in [0.1, 0.15) is 51.4 Å². The molecule has 0 radical (unpaired) electrons. The molecular weight excluding hydrogens is 172 g/mol. The molecule has 3 fully saturated rings. The first-order valence-corrected chi connectivity index (χ1v) is 6.54. The summed E-state index contributed by atoms with van der Waals surface area (Å²) in [5, 5.41) is 9.92. The third-order valence-corrected chi connectivity index (χ3v) is 5.14. The summed E-state index contributed by atoms with van der Waals surface area (Å²) in [6.07, 6.45) is 11.2. The molecule has 0 saturated heterocycles. The quantitative estimate of drug-likeness (QED) is 0.680. The average Bonchev–Trinajstić information content (AvgIpc) is 2.75. The largest absolute Gasteiger partial charge is 0.393 e. The molecule has 1 heteroatoms. The highest BCUT2D eigenvalue weighted by Gasteiger charge is 2.49. The van der Waals surface area contributed by atoms with Crippen molar-refractivity contribution in [3.8, 4) is 0 Å². The standard InChI is InChI=1S/C13H22O/c14-12-8-10-6-7-11(12)13(10)9-4-2-1-3-5-9/h9-14H,1-8H2/t10-,11+,12+,13-/m0/s1. The lowest BCUT2D eigenvalue weighted by atomic mass is 9.75. The van der Waals surface area contributed by atoms with E-state index in [0.717, 1.165) is 24.2 Å². The van der Waals surface area contributed by atoms with Gasteiger partial charge in [0.05, 0.1) is 6.10 Å². The van der Waals surface area contributed by atoms with E-state index in [1.165, 1.54) is 44.9 Å². The van der Waals surface area contributed by atoms with E-state index in [1.54, 1.807) is 0 Å². The Morgan fingerprint density at radius 3 is 2.14 bits per heavy atom. The van der Waals surface area contributed by atoms with Crippen LogP contribution >= 0.6 is 0 Å². The van der Waals surface area contributed by atoms with Crippen LogP contribution in [0.2, 0.25) is 0 Å². The van der Waals surface area contributed by atoms with Gasteiger partial charge >= 0.3 is 0 Å². The molecule has 1 N–H and O–H groups in total. The minimum atomic E-state index is 0.0701. The van der Waals surface area contributed by atoms with Crippen molar-refractivity contribution in [2.45, 2.75) is 57.5 Å². The number of aliphatic hydroxyl groups excluding tert-OH is 1. The fourth-order valence-electron chi connectivity index (χ4n) is 4.60. The van der Waals surface area contributed by atoms with Gasteiger partial charge in [0.1, 0.15) is 0 Å². The smallest absolute Gasteiger partial charge is 0.0574 e. The topological polar surface area (TPSA) is 20.2 Å². The van der Waals surface area contributed by atoms with E-state index in [-0.39, 0.29) is 6.10 Å². The van der Waals surface area contributed by atoms with Crippen molar-refractivity contribution in [2.24, 2.45) is 23.7 Å². The van der Waals surface area contributed by atoms with Crippen LogP contribution in [0.25, 0.3) is 0 Å². The summed E-state index contributed by atoms with van der Waals surface area (Å²) in [6, 6.07) is 0. The zero-order valence-corrected chi connectivity index (χ0v) is 8.99. The Kier molecular flexibility index (Phi) is 2.31. The van der Waals surface area contributed by atoms with Gasteiger partial charge in [0.2, 0.25) is 0 Å². The minimum Gasteiger partial charge on any atom is -0.393 e. The number of rotatable bonds is 1. The van der Waals surface area contributed by atoms with Gasteiger partial charge in [-0.3, -0.25) is 0 Å². The maximum Gasteiger partial charge on any atom is 0.0574 e. The first kappa shape index (κ1) is 9.21. The minimum absolute atomic E-state index is 0.0701. The van der Waals surface area contributed by atoms with Crippen LogP contribution in [0.4, 0.5) is 0 Å². The molecule has 4 atom stereocenters. The third kappa shape index (κ3) is 1.32. The van der Waals surface area contributed by atoms with Gasteiger partial charge in [-0.15, -0.1) is 0 Å². The molecule has 0 spiro atoms. The van der Waals surface area contributed by atoms with Crippen molar-refractivity contribution >= 4 is 0 Å². The Balaban J connectivity index is 1.72. The number of hydrogen-bond acceptors (Lipinski definition) is 1. The summed E-state index contributed by atoms with van der Waals surface area (Å²) in [5.74, 6) is 3.50. The summed E-state index contributed by atoms with van der Waals surface area (Å²) in [4.78, 5) is 0. The highest BCUT2D eigenvalue weighted by atomic mass is 16.3. The van der Waals surface area contributed by atoms with Crippen LogP contribution in [-0.4, -0.2) is 11.2 Å². The second-order valence-electron chi connectivity index (χ2n) is 5.78. The fraction of sp³-hybridized carbons (Fsp3) is 1.00. The normalized spacial score (nSPS) is 48.6. The van der Waals surface area contributed by atoms with E-state index in [1.807, 2.05) is 0 Å². The van der Waals surface area contributed by atoms with E-state index < -0.39 is 0 Å². The predicted octanol–water partition coefficient (Wildman–Crippen LogP) is 2.97. The zero-order valence-electron chi connectivity index (χ0n) is 8.99. The van der Waals surface area contributed by atoms with Gasteiger partial charge in [-0.05, 0) is 42.9 Å². The lowest BCUT2D eigenvalue weighted by Crippen LogP contribution is -2.24. The van der Waals surface area contributed by atoms with Gasteiger partial charge in [-0.2, -0.15) is 0 Å². The number of hydrogen-bond donors (Lipinski definition) is 1. The van der Waals surface area contributed by atoms with Crippen LogP contribution in [0.3, 0.4) is 0 Å². The molecule has 0 aromatic heterocycles. The van der Waals surface area contributed by atoms with Gasteiger partial charge in [-0.25, -0.2) is 0 Å². The Bertz CT molecular complexity index is 207. The fourth-order valence-corrected chi connectivity index (χ4v) is 4.60. The maximum atomic E-state index is 9.92. The molecule has 0 heterocycles. The van der Waals surface area contributed by atoms with Crippen molar-refractivity contribution in [1.82, 2.24) is 0 Å². The molecule has 14 heavy (non-hydrogen) atoms. The van der Waals surface area contributed by atoms with Crippen molar-refractivity contribution in [3.05, 3.63) is 0 Å². The van der Waals surface area contributed by atoms with Crippen LogP contribution in [-0.2, 0) is 0 Å². The van der Waals surface area contributed by atoms with Gasteiger partial charge in [0, 0.05) is 0 Å². The highest BCUT2D eigenvalue weighted by molar-refractivity contribution is 4.99. The molecule has 0 aliphatic heterocycles. The van der Waals surface area contributed by atoms with E-state index in [4.69, 9.17) is 0 Å². The summed E-state index contributed by atoms with van der Waals surface area (Å²) < 4.78 is 0. The Labute approximate surface area is 86.9 Å². The molecule has 3 aliphatic carbocycles. The zero-order chi connectivity index (χ0) is 9.54. The van der Waals surface area contributed by atoms with Gasteiger partial charge < -0.3 is 5.11 Å². The summed E-state index contributed by atoms with van der Waals surface area (Å²) in [7, 11) is 0. The molecule has 1 nitrogen and oxygen atoms in total. The van der Waals surface area contributed by atoms with Gasteiger partial charge in [-0.1, -0.05) is 32.1 Å². The second-order valence-corrected chi connectivity index (χ2v) is 5.78. The Morgan fingerprint density at radius 2 is 1.57 bits per heavy atom. The number of fused-ring (bicyclic) bond motifs is 2. The van der Waals surface area contributed by atoms with Gasteiger partial charge in [0.25, 0.3) is 0 Å². The lowest BCUT2D eigenvalue weighted by molar-refractivity contribution is 0.0951. The molecule has 3 saturated carbocycles. The van der Waals surface area contributed by atoms with Crippen molar-refractivity contribution in [2.75, 3.05) is 0 Å². The summed E-state index contributed by atoms with van der Waals surface area (Å²) >= 11 is 0. The summed E-state index contributed by atoms with van der Waals surface area (Å²) in [5.41, 5.74) is 0. The van der Waals surface area contributed by atoms with Crippen LogP contribution in [0, 0.1) is 23.7 Å². The molecule has 80 valence electrons. The SMILES string of the molecule is O[C@@H]1C[C@@H]2CC[C@H]1[C@H]2C1CCCCC1. The molecule has 0 amide bonds. The molecular formula is C13H22O. The molecule has 0 unspecified atom stereocenters. The van der Waals surface area contributed by atoms with E-state index in [0.29, 0.717) is 5.92 Å². The second kappa shape index (κ2) is 3.52. The van der Waals surface area contributed by atoms with Crippen molar-refractivity contribution < 1.29 is 5.11 Å². The van der Waals surface area contributed by atoms with Crippen LogP contribution in [0.15, 0.2) is 0 Å². The van der Waals surface area contributed by atoms with Crippen LogP contribution < -0.4 is 0 Å². The first-order valence-electron chi connectivity index (χ1n) is 6.54. The maximum absolute atomic E-state index is 9.92. The van der Waals surface area contributed by atoms with E-state index in [2.05, 4.69) is 0 Å². The molecule has 2 bridgehead atoms. The predicted molar refractivity (Wildman–Crippen MR) is 56.9 cm³/mol. The monoisotopic (exact) mass is 194 g/mol. The van der Waals surface area contributed by atoms with Crippen molar-refractivity contribution in [3.63, 3.8) is 0 Å². The lowest BCUT2D eigenvalue weighted by Gasteiger charge is -2.30. The molecule has 3 aliphatic rings.